The zero-order chi connectivity index (χ0) is 46.1. The lowest BCUT2D eigenvalue weighted by atomic mass is 10.0. The highest BCUT2D eigenvalue weighted by Crippen LogP contribution is 2.46. The molecule has 7 rings (SSSR count). The Bertz CT molecular complexity index is 2550. The average molecular weight is 928 g/mol. The molecule has 2 aliphatic heterocycles. The summed E-state index contributed by atoms with van der Waals surface area (Å²) in [7, 11) is -0.132. The number of allylic oxidation sites excluding steroid dienone is 1. The van der Waals surface area contributed by atoms with Gasteiger partial charge in [-0.3, -0.25) is 14.4 Å². The summed E-state index contributed by atoms with van der Waals surface area (Å²) in [4.78, 5) is 54.7. The molecule has 1 aliphatic carbocycles. The number of hydrogen-bond donors (Lipinski definition) is 3. The zero-order valence-electron chi connectivity index (χ0n) is 36.3. The van der Waals surface area contributed by atoms with E-state index in [0.29, 0.717) is 52.4 Å². The van der Waals surface area contributed by atoms with Gasteiger partial charge in [-0.15, -0.1) is 24.5 Å². The standard InChI is InChI=1S/C44H52F3N7O8S2/c1-25(2)34-24-63-40(50-34)33-21-37(31-17-18-36(60-6)26(3)38(31)49-33)61-30-20-35-39(55)51-43(42(57)52-64(58,59)53(4)5)22-27(43)13-10-8-7-9-11-16-32(41(56)54(35)23-30)48-28-14-12-15-29(19-28)62-44(45,46)47/h10,12-15,17-19,21,24-25,27,30,32,35,48H,7-9,11,16,20,22-23H2,1-6H3,(H,51,55)(H,52,57)/t27-,30-,32+,35+,43-/m1/s1. The Labute approximate surface area is 373 Å². The number of nitrogens with one attached hydrogen (secondary N) is 3. The summed E-state index contributed by atoms with van der Waals surface area (Å²) in [6, 6.07) is 8.37. The number of ether oxygens (including phenoxy) is 3. The van der Waals surface area contributed by atoms with Crippen molar-refractivity contribution in [2.24, 2.45) is 5.92 Å². The van der Waals surface area contributed by atoms with Gasteiger partial charge in [0.25, 0.3) is 5.91 Å². The lowest BCUT2D eigenvalue weighted by molar-refractivity contribution is -0.274. The van der Waals surface area contributed by atoms with Gasteiger partial charge in [-0.05, 0) is 62.8 Å². The molecule has 2 aromatic carbocycles. The quantitative estimate of drug-likeness (QED) is 0.134. The second-order valence-corrected chi connectivity index (χ2v) is 19.6. The summed E-state index contributed by atoms with van der Waals surface area (Å²) >= 11 is 1.44. The fourth-order valence-corrected chi connectivity index (χ4v) is 9.64. The number of nitrogens with zero attached hydrogens (tertiary/aromatic N) is 4. The van der Waals surface area contributed by atoms with E-state index < -0.39 is 69.7 Å². The minimum absolute atomic E-state index is 0.0313. The van der Waals surface area contributed by atoms with E-state index in [4.69, 9.17) is 19.4 Å². The Hall–Kier alpha value is -5.47. The molecule has 1 saturated carbocycles. The Balaban J connectivity index is 1.27. The predicted octanol–water partition coefficient (Wildman–Crippen LogP) is 6.84. The van der Waals surface area contributed by atoms with Crippen LogP contribution in [0.15, 0.2) is 60.0 Å². The van der Waals surface area contributed by atoms with Crippen molar-refractivity contribution < 1.29 is 50.2 Å². The molecular weight excluding hydrogens is 876 g/mol. The summed E-state index contributed by atoms with van der Waals surface area (Å²) in [5, 5.41) is 9.25. The van der Waals surface area contributed by atoms with Gasteiger partial charge in [0.2, 0.25) is 11.8 Å². The van der Waals surface area contributed by atoms with E-state index in [1.165, 1.54) is 42.5 Å². The number of benzene rings is 2. The van der Waals surface area contributed by atoms with Gasteiger partial charge in [0.15, 0.2) is 0 Å². The molecule has 344 valence electrons. The van der Waals surface area contributed by atoms with Gasteiger partial charge in [-0.1, -0.05) is 44.9 Å². The minimum atomic E-state index is -4.94. The number of fused-ring (bicyclic) bond motifs is 3. The fourth-order valence-electron chi connectivity index (χ4n) is 8.11. The number of rotatable bonds is 11. The number of thiazole rings is 1. The van der Waals surface area contributed by atoms with Gasteiger partial charge in [-0.2, -0.15) is 12.7 Å². The smallest absolute Gasteiger partial charge is 0.496 e. The molecule has 3 aliphatic rings. The fraction of sp³-hybridized carbons (Fsp3) is 0.477. The first kappa shape index (κ1) is 46.5. The van der Waals surface area contributed by atoms with Crippen LogP contribution in [0, 0.1) is 12.8 Å². The number of amides is 3. The molecule has 0 unspecified atom stereocenters. The highest BCUT2D eigenvalue weighted by Gasteiger charge is 2.61. The van der Waals surface area contributed by atoms with Crippen molar-refractivity contribution in [2.75, 3.05) is 33.1 Å². The lowest BCUT2D eigenvalue weighted by Crippen LogP contribution is -2.58. The van der Waals surface area contributed by atoms with Gasteiger partial charge in [0.1, 0.15) is 51.7 Å². The van der Waals surface area contributed by atoms with Crippen LogP contribution in [0.2, 0.25) is 0 Å². The van der Waals surface area contributed by atoms with Crippen molar-refractivity contribution in [1.82, 2.24) is 29.2 Å². The summed E-state index contributed by atoms with van der Waals surface area (Å²) in [5.74, 6) is -1.94. The zero-order valence-corrected chi connectivity index (χ0v) is 38.0. The van der Waals surface area contributed by atoms with Crippen molar-refractivity contribution in [3.8, 4) is 28.0 Å². The van der Waals surface area contributed by atoms with Gasteiger partial charge in [0.05, 0.1) is 24.9 Å². The van der Waals surface area contributed by atoms with Crippen LogP contribution in [0.25, 0.3) is 21.6 Å². The van der Waals surface area contributed by atoms with Crippen LogP contribution in [0.3, 0.4) is 0 Å². The van der Waals surface area contributed by atoms with Gasteiger partial charge >= 0.3 is 16.6 Å². The maximum atomic E-state index is 14.9. The summed E-state index contributed by atoms with van der Waals surface area (Å²) < 4.78 is 84.8. The highest BCUT2D eigenvalue weighted by molar-refractivity contribution is 7.87. The Morgan fingerprint density at radius 3 is 2.56 bits per heavy atom. The molecule has 3 amide bonds. The van der Waals surface area contributed by atoms with E-state index in [1.54, 1.807) is 25.3 Å². The molecule has 4 heterocycles. The van der Waals surface area contributed by atoms with Crippen LogP contribution in [0.1, 0.15) is 76.0 Å². The number of pyridine rings is 1. The molecule has 1 saturated heterocycles. The highest BCUT2D eigenvalue weighted by atomic mass is 32.2. The van der Waals surface area contributed by atoms with Crippen LogP contribution < -0.4 is 29.6 Å². The van der Waals surface area contributed by atoms with E-state index in [2.05, 4.69) is 20.1 Å². The molecule has 20 heteroatoms. The van der Waals surface area contributed by atoms with E-state index in [-0.39, 0.29) is 37.4 Å². The van der Waals surface area contributed by atoms with Crippen molar-refractivity contribution in [3.05, 3.63) is 71.3 Å². The first-order chi connectivity index (χ1) is 30.3. The number of aromatic nitrogens is 2. The Morgan fingerprint density at radius 2 is 1.86 bits per heavy atom. The first-order valence-corrected chi connectivity index (χ1v) is 23.4. The van der Waals surface area contributed by atoms with Crippen molar-refractivity contribution in [1.29, 1.82) is 0 Å². The normalized spacial score (nSPS) is 23.2. The van der Waals surface area contributed by atoms with Crippen LogP contribution in [0.5, 0.6) is 17.2 Å². The second kappa shape index (κ2) is 18.6. The van der Waals surface area contributed by atoms with Crippen LogP contribution in [0.4, 0.5) is 18.9 Å². The largest absolute Gasteiger partial charge is 0.573 e. The molecule has 2 fully saturated rings. The third-order valence-corrected chi connectivity index (χ3v) is 14.0. The SMILES string of the molecule is COc1ccc2c(O[C@@H]3C[C@H]4C(=O)N[C@]5(C(=O)NS(=O)(=O)N(C)C)C[C@H]5C=CCCCCC[C@H](Nc5cccc(OC(F)(F)F)c5)C(=O)N4C3)cc(-c3nc(C(C)C)cs3)nc2c1C. The summed E-state index contributed by atoms with van der Waals surface area (Å²) in [6.07, 6.45) is 0.914. The number of anilines is 1. The molecule has 0 radical (unpaired) electrons. The molecule has 0 bridgehead atoms. The third-order valence-electron chi connectivity index (χ3n) is 11.7. The maximum absolute atomic E-state index is 14.9. The third kappa shape index (κ3) is 10.2. The van der Waals surface area contributed by atoms with Crippen molar-refractivity contribution >= 4 is 55.9 Å². The number of carbonyl (C=O) groups is 3. The number of methoxy groups -OCH3 is 1. The Morgan fingerprint density at radius 1 is 1.08 bits per heavy atom. The van der Waals surface area contributed by atoms with E-state index in [9.17, 15) is 36.0 Å². The topological polar surface area (TPSA) is 181 Å². The maximum Gasteiger partial charge on any atom is 0.573 e. The summed E-state index contributed by atoms with van der Waals surface area (Å²) in [6.45, 7) is 5.88. The molecule has 5 atom stereocenters. The second-order valence-electron chi connectivity index (χ2n) is 16.8. The van der Waals surface area contributed by atoms with Crippen molar-refractivity contribution in [2.45, 2.75) is 102 Å². The molecule has 4 aromatic rings. The summed E-state index contributed by atoms with van der Waals surface area (Å²) in [5.41, 5.74) is 1.37. The van der Waals surface area contributed by atoms with E-state index in [0.717, 1.165) is 34.1 Å². The Kier molecular flexibility index (Phi) is 13.5. The number of carbonyl (C=O) groups excluding carboxylic acids is 3. The van der Waals surface area contributed by atoms with E-state index in [1.807, 2.05) is 38.3 Å². The number of aryl methyl sites for hydroxylation is 1. The van der Waals surface area contributed by atoms with Gasteiger partial charge in [-0.25, -0.2) is 14.7 Å². The molecule has 64 heavy (non-hydrogen) atoms. The van der Waals surface area contributed by atoms with E-state index >= 15 is 0 Å². The minimum Gasteiger partial charge on any atom is -0.496 e. The molecular formula is C44H52F3N7O8S2. The van der Waals surface area contributed by atoms with Gasteiger partial charge in [0, 0.05) is 60.6 Å². The van der Waals surface area contributed by atoms with Crippen molar-refractivity contribution in [3.63, 3.8) is 0 Å². The monoisotopic (exact) mass is 927 g/mol. The number of alkyl halides is 3. The average Bonchev–Trinajstić information content (AvgIpc) is 3.51. The number of halogens is 3. The number of hydrogen-bond acceptors (Lipinski definition) is 12. The molecule has 3 N–H and O–H groups in total. The van der Waals surface area contributed by atoms with Gasteiger partial charge < -0.3 is 29.7 Å². The molecule has 15 nitrogen and oxygen atoms in total. The molecule has 2 aromatic heterocycles. The van der Waals surface area contributed by atoms with Crippen LogP contribution in [-0.2, 0) is 24.6 Å². The predicted molar refractivity (Wildman–Crippen MR) is 235 cm³/mol. The molecule has 0 spiro atoms. The first-order valence-electron chi connectivity index (χ1n) is 21.1. The van der Waals surface area contributed by atoms with Crippen LogP contribution >= 0.6 is 11.3 Å². The van der Waals surface area contributed by atoms with Crippen LogP contribution in [-0.4, -0.2) is 103 Å². The lowest BCUT2D eigenvalue weighted by Gasteiger charge is -2.30.